The van der Waals surface area contributed by atoms with Gasteiger partial charge in [-0.15, -0.1) is 0 Å². The molecule has 0 bridgehead atoms. The summed E-state index contributed by atoms with van der Waals surface area (Å²) in [6.07, 6.45) is 6.50. The van der Waals surface area contributed by atoms with Crippen molar-refractivity contribution in [1.29, 1.82) is 5.41 Å². The van der Waals surface area contributed by atoms with Crippen LogP contribution in [-0.4, -0.2) is 5.71 Å². The molecule has 1 heteroatoms. The molecule has 3 unspecified atom stereocenters. The van der Waals surface area contributed by atoms with Gasteiger partial charge in [-0.05, 0) is 36.5 Å². The van der Waals surface area contributed by atoms with Crippen LogP contribution in [0.1, 0.15) is 59.8 Å². The normalized spacial score (nSPS) is 29.1. The van der Waals surface area contributed by atoms with E-state index in [1.165, 1.54) is 32.1 Å². The van der Waals surface area contributed by atoms with Crippen molar-refractivity contribution in [3.63, 3.8) is 0 Å². The lowest BCUT2D eigenvalue weighted by Crippen LogP contribution is -2.29. The first-order valence-corrected chi connectivity index (χ1v) is 6.60. The third kappa shape index (κ3) is 3.62. The second-order valence-electron chi connectivity index (χ2n) is 5.85. The molecule has 88 valence electrons. The smallest absolute Gasteiger partial charge is 0.0151 e. The average Bonchev–Trinajstić information content (AvgIpc) is 2.16. The zero-order valence-electron chi connectivity index (χ0n) is 10.8. The lowest BCUT2D eigenvalue weighted by Gasteiger charge is -2.32. The first kappa shape index (κ1) is 12.7. The van der Waals surface area contributed by atoms with Gasteiger partial charge in [-0.3, -0.25) is 0 Å². The van der Waals surface area contributed by atoms with E-state index in [2.05, 4.69) is 27.7 Å². The van der Waals surface area contributed by atoms with Crippen molar-refractivity contribution in [3.8, 4) is 0 Å². The van der Waals surface area contributed by atoms with E-state index in [1.54, 1.807) is 0 Å². The van der Waals surface area contributed by atoms with Crippen LogP contribution in [0, 0.1) is 29.1 Å². The fourth-order valence-corrected chi connectivity index (χ4v) is 2.98. The van der Waals surface area contributed by atoms with Crippen molar-refractivity contribution in [1.82, 2.24) is 0 Å². The molecule has 0 radical (unpaired) electrons. The minimum Gasteiger partial charge on any atom is -0.309 e. The van der Waals surface area contributed by atoms with Crippen molar-refractivity contribution in [2.45, 2.75) is 59.8 Å². The largest absolute Gasteiger partial charge is 0.309 e. The molecule has 1 aliphatic carbocycles. The lowest BCUT2D eigenvalue weighted by atomic mass is 9.74. The van der Waals surface area contributed by atoms with E-state index in [-0.39, 0.29) is 0 Å². The van der Waals surface area contributed by atoms with Crippen LogP contribution in [0.2, 0.25) is 0 Å². The minimum atomic E-state index is 0.496. The molecule has 0 aromatic carbocycles. The maximum atomic E-state index is 8.31. The van der Waals surface area contributed by atoms with Gasteiger partial charge in [0.2, 0.25) is 0 Å². The monoisotopic (exact) mass is 209 g/mol. The molecule has 0 amide bonds. The Bertz CT molecular complexity index is 207. The van der Waals surface area contributed by atoms with E-state index >= 15 is 0 Å². The van der Waals surface area contributed by atoms with Crippen LogP contribution in [0.25, 0.3) is 0 Å². The van der Waals surface area contributed by atoms with Crippen LogP contribution in [0.15, 0.2) is 0 Å². The van der Waals surface area contributed by atoms with Crippen molar-refractivity contribution in [2.24, 2.45) is 23.7 Å². The van der Waals surface area contributed by atoms with Crippen LogP contribution in [0.3, 0.4) is 0 Å². The van der Waals surface area contributed by atoms with E-state index < -0.39 is 0 Å². The quantitative estimate of drug-likeness (QED) is 0.658. The summed E-state index contributed by atoms with van der Waals surface area (Å²) in [6.45, 7) is 9.09. The van der Waals surface area contributed by atoms with Gasteiger partial charge in [-0.25, -0.2) is 0 Å². The molecule has 0 aromatic heterocycles. The van der Waals surface area contributed by atoms with Crippen molar-refractivity contribution < 1.29 is 0 Å². The predicted molar refractivity (Wildman–Crippen MR) is 67.5 cm³/mol. The van der Waals surface area contributed by atoms with Crippen LogP contribution < -0.4 is 0 Å². The summed E-state index contributed by atoms with van der Waals surface area (Å²) in [5, 5.41) is 8.31. The lowest BCUT2D eigenvalue weighted by molar-refractivity contribution is 0.312. The summed E-state index contributed by atoms with van der Waals surface area (Å²) in [6, 6.07) is 0. The first-order valence-electron chi connectivity index (χ1n) is 6.60. The Hall–Kier alpha value is -0.330. The molecule has 1 saturated carbocycles. The van der Waals surface area contributed by atoms with Crippen LogP contribution in [-0.2, 0) is 0 Å². The van der Waals surface area contributed by atoms with Crippen LogP contribution in [0.4, 0.5) is 0 Å². The molecular weight excluding hydrogens is 182 g/mol. The summed E-state index contributed by atoms with van der Waals surface area (Å²) in [4.78, 5) is 0. The summed E-state index contributed by atoms with van der Waals surface area (Å²) >= 11 is 0. The maximum absolute atomic E-state index is 8.31. The van der Waals surface area contributed by atoms with Gasteiger partial charge in [0, 0.05) is 5.71 Å². The molecular formula is C14H27N. The van der Waals surface area contributed by atoms with E-state index in [1.807, 2.05) is 0 Å². The summed E-state index contributed by atoms with van der Waals surface area (Å²) in [5.74, 6) is 2.56. The standard InChI is InChI=1S/C14H27N/c1-10(2)9-12(4)14(15)13-8-6-5-7-11(13)3/h10-13,15H,5-9H2,1-4H3. The molecule has 0 aliphatic heterocycles. The fraction of sp³-hybridized carbons (Fsp3) is 0.929. The van der Waals surface area contributed by atoms with E-state index in [0.717, 1.165) is 17.5 Å². The highest BCUT2D eigenvalue weighted by Gasteiger charge is 2.27. The van der Waals surface area contributed by atoms with Gasteiger partial charge in [0.05, 0.1) is 0 Å². The molecule has 15 heavy (non-hydrogen) atoms. The van der Waals surface area contributed by atoms with E-state index in [9.17, 15) is 0 Å². The molecule has 1 fully saturated rings. The Morgan fingerprint density at radius 1 is 1.20 bits per heavy atom. The van der Waals surface area contributed by atoms with Gasteiger partial charge < -0.3 is 5.41 Å². The van der Waals surface area contributed by atoms with Crippen molar-refractivity contribution in [3.05, 3.63) is 0 Å². The van der Waals surface area contributed by atoms with Crippen LogP contribution >= 0.6 is 0 Å². The average molecular weight is 209 g/mol. The van der Waals surface area contributed by atoms with E-state index in [4.69, 9.17) is 5.41 Å². The molecule has 0 heterocycles. The van der Waals surface area contributed by atoms with Crippen molar-refractivity contribution >= 4 is 5.71 Å². The maximum Gasteiger partial charge on any atom is 0.0151 e. The second kappa shape index (κ2) is 5.67. The Balaban J connectivity index is 2.50. The Kier molecular flexibility index (Phi) is 4.82. The molecule has 1 N–H and O–H groups in total. The highest BCUT2D eigenvalue weighted by atomic mass is 14.5. The van der Waals surface area contributed by atoms with Gasteiger partial charge in [-0.1, -0.05) is 47.0 Å². The third-order valence-corrected chi connectivity index (χ3v) is 3.87. The molecule has 0 spiro atoms. The van der Waals surface area contributed by atoms with E-state index in [0.29, 0.717) is 11.8 Å². The van der Waals surface area contributed by atoms with Gasteiger partial charge >= 0.3 is 0 Å². The molecule has 1 aliphatic rings. The number of rotatable bonds is 4. The summed E-state index contributed by atoms with van der Waals surface area (Å²) in [5.41, 5.74) is 1.04. The minimum absolute atomic E-state index is 0.496. The molecule has 0 saturated heterocycles. The highest BCUT2D eigenvalue weighted by Crippen LogP contribution is 2.33. The topological polar surface area (TPSA) is 23.9 Å². The number of hydrogen-bond donors (Lipinski definition) is 1. The van der Waals surface area contributed by atoms with Gasteiger partial charge in [0.25, 0.3) is 0 Å². The van der Waals surface area contributed by atoms with Gasteiger partial charge in [0.1, 0.15) is 0 Å². The zero-order chi connectivity index (χ0) is 11.4. The van der Waals surface area contributed by atoms with Gasteiger partial charge in [0.15, 0.2) is 0 Å². The number of hydrogen-bond acceptors (Lipinski definition) is 1. The Labute approximate surface area is 95.2 Å². The summed E-state index contributed by atoms with van der Waals surface area (Å²) < 4.78 is 0. The second-order valence-corrected chi connectivity index (χ2v) is 5.85. The molecule has 1 nitrogen and oxygen atoms in total. The highest BCUT2D eigenvalue weighted by molar-refractivity contribution is 5.86. The molecule has 0 aromatic rings. The van der Waals surface area contributed by atoms with Crippen molar-refractivity contribution in [2.75, 3.05) is 0 Å². The Morgan fingerprint density at radius 2 is 1.80 bits per heavy atom. The number of nitrogens with one attached hydrogen (secondary N) is 1. The first-order chi connectivity index (χ1) is 7.02. The zero-order valence-corrected chi connectivity index (χ0v) is 10.8. The Morgan fingerprint density at radius 3 is 2.33 bits per heavy atom. The summed E-state index contributed by atoms with van der Waals surface area (Å²) in [7, 11) is 0. The predicted octanol–water partition coefficient (Wildman–Crippen LogP) is 4.51. The molecule has 3 atom stereocenters. The molecule has 1 rings (SSSR count). The van der Waals surface area contributed by atoms with Crippen LogP contribution in [0.5, 0.6) is 0 Å². The SMILES string of the molecule is CC(C)CC(C)C(=N)C1CCCCC1C. The van der Waals surface area contributed by atoms with Gasteiger partial charge in [-0.2, -0.15) is 0 Å². The fourth-order valence-electron chi connectivity index (χ4n) is 2.98. The third-order valence-electron chi connectivity index (χ3n) is 3.87.